The van der Waals surface area contributed by atoms with Crippen LogP contribution in [0.1, 0.15) is 32.1 Å². The van der Waals surface area contributed by atoms with E-state index in [1.165, 1.54) is 38.6 Å². The van der Waals surface area contributed by atoms with Crippen molar-refractivity contribution < 1.29 is 0 Å². The van der Waals surface area contributed by atoms with Gasteiger partial charge in [0.05, 0.1) is 0 Å². The predicted octanol–water partition coefficient (Wildman–Crippen LogP) is 2.74. The van der Waals surface area contributed by atoms with E-state index in [0.717, 1.165) is 23.4 Å². The Bertz CT molecular complexity index is 299. The number of hydrogen-bond acceptors (Lipinski definition) is 4. The second-order valence-corrected chi connectivity index (χ2v) is 5.65. The smallest absolute Gasteiger partial charge is 0.187 e. The van der Waals surface area contributed by atoms with Crippen LogP contribution in [0.4, 0.5) is 0 Å². The van der Waals surface area contributed by atoms with E-state index in [9.17, 15) is 0 Å². The molecule has 0 bridgehead atoms. The van der Waals surface area contributed by atoms with Crippen LogP contribution in [0.25, 0.3) is 0 Å². The van der Waals surface area contributed by atoms with E-state index >= 15 is 0 Å². The van der Waals surface area contributed by atoms with Crippen molar-refractivity contribution in [3.8, 4) is 0 Å². The van der Waals surface area contributed by atoms with Gasteiger partial charge in [0, 0.05) is 24.7 Å². The van der Waals surface area contributed by atoms with E-state index in [-0.39, 0.29) is 0 Å². The average molecular weight is 251 g/mol. The van der Waals surface area contributed by atoms with E-state index in [4.69, 9.17) is 0 Å². The highest BCUT2D eigenvalue weighted by Gasteiger charge is 2.12. The predicted molar refractivity (Wildman–Crippen MR) is 72.2 cm³/mol. The minimum atomic E-state index is 0.881. The van der Waals surface area contributed by atoms with E-state index in [1.54, 1.807) is 24.2 Å². The van der Waals surface area contributed by atoms with Crippen molar-refractivity contribution in [2.24, 2.45) is 5.92 Å². The number of thioether (sulfide) groups is 1. The lowest BCUT2D eigenvalue weighted by atomic mass is 9.89. The van der Waals surface area contributed by atoms with Crippen molar-refractivity contribution >= 4 is 11.8 Å². The maximum absolute atomic E-state index is 4.19. The van der Waals surface area contributed by atoms with Gasteiger partial charge in [-0.05, 0) is 31.4 Å². The van der Waals surface area contributed by atoms with Crippen LogP contribution in [0, 0.1) is 5.92 Å². The quantitative estimate of drug-likeness (QED) is 0.479. The molecule has 0 aromatic carbocycles. The minimum absolute atomic E-state index is 0.881. The molecule has 0 saturated heterocycles. The number of rotatable bonds is 6. The maximum atomic E-state index is 4.19. The highest BCUT2D eigenvalue weighted by atomic mass is 32.2. The Hall–Kier alpha value is -0.610. The molecule has 2 rings (SSSR count). The molecule has 0 aliphatic heterocycles. The van der Waals surface area contributed by atoms with Crippen LogP contribution in [-0.4, -0.2) is 28.8 Å². The van der Waals surface area contributed by atoms with Gasteiger partial charge in [0.1, 0.15) is 0 Å². The fourth-order valence-electron chi connectivity index (χ4n) is 2.27. The molecule has 1 saturated carbocycles. The lowest BCUT2D eigenvalue weighted by Crippen LogP contribution is -2.26. The largest absolute Gasteiger partial charge is 0.316 e. The van der Waals surface area contributed by atoms with Gasteiger partial charge in [0.15, 0.2) is 5.16 Å². The Morgan fingerprint density at radius 2 is 1.94 bits per heavy atom. The summed E-state index contributed by atoms with van der Waals surface area (Å²) in [6.45, 7) is 2.25. The van der Waals surface area contributed by atoms with Crippen molar-refractivity contribution in [2.45, 2.75) is 37.3 Å². The van der Waals surface area contributed by atoms with Gasteiger partial charge in [-0.2, -0.15) is 0 Å². The first-order chi connectivity index (χ1) is 8.45. The summed E-state index contributed by atoms with van der Waals surface area (Å²) >= 11 is 1.72. The Kier molecular flexibility index (Phi) is 5.79. The summed E-state index contributed by atoms with van der Waals surface area (Å²) in [6.07, 6.45) is 10.7. The Labute approximate surface area is 108 Å². The van der Waals surface area contributed by atoms with Crippen LogP contribution in [0.2, 0.25) is 0 Å². The van der Waals surface area contributed by atoms with Crippen molar-refractivity contribution in [3.05, 3.63) is 18.5 Å². The molecule has 0 radical (unpaired) electrons. The summed E-state index contributed by atoms with van der Waals surface area (Å²) in [7, 11) is 0. The topological polar surface area (TPSA) is 37.8 Å². The number of hydrogen-bond donors (Lipinski definition) is 1. The van der Waals surface area contributed by atoms with Crippen molar-refractivity contribution in [3.63, 3.8) is 0 Å². The third-order valence-electron chi connectivity index (χ3n) is 3.21. The molecule has 1 fully saturated rings. The Morgan fingerprint density at radius 3 is 2.71 bits per heavy atom. The third kappa shape index (κ3) is 5.04. The lowest BCUT2D eigenvalue weighted by Gasteiger charge is -2.21. The fraction of sp³-hybridized carbons (Fsp3) is 0.692. The van der Waals surface area contributed by atoms with Gasteiger partial charge < -0.3 is 5.32 Å². The molecule has 0 spiro atoms. The Balaban J connectivity index is 1.51. The number of aromatic nitrogens is 2. The van der Waals surface area contributed by atoms with Crippen LogP contribution >= 0.6 is 11.8 Å². The highest BCUT2D eigenvalue weighted by molar-refractivity contribution is 7.99. The summed E-state index contributed by atoms with van der Waals surface area (Å²) in [5.41, 5.74) is 0. The monoisotopic (exact) mass is 251 g/mol. The molecule has 3 nitrogen and oxygen atoms in total. The van der Waals surface area contributed by atoms with Crippen LogP contribution in [0.15, 0.2) is 23.6 Å². The van der Waals surface area contributed by atoms with Crippen LogP contribution in [0.5, 0.6) is 0 Å². The molecule has 1 N–H and O–H groups in total. The average Bonchev–Trinajstić information content (AvgIpc) is 2.41. The highest BCUT2D eigenvalue weighted by Crippen LogP contribution is 2.22. The van der Waals surface area contributed by atoms with Gasteiger partial charge in [-0.3, -0.25) is 0 Å². The second kappa shape index (κ2) is 7.67. The van der Waals surface area contributed by atoms with Crippen LogP contribution < -0.4 is 5.32 Å². The standard InChI is InChI=1S/C13H21N3S/c1-2-5-12(6-3-1)11-14-9-10-17-13-15-7-4-8-16-13/h4,7-8,12,14H,1-3,5-6,9-11H2. The molecule has 0 atom stereocenters. The zero-order valence-electron chi connectivity index (χ0n) is 10.3. The van der Waals surface area contributed by atoms with Gasteiger partial charge in [-0.15, -0.1) is 0 Å². The SMILES string of the molecule is c1cnc(SCCNCC2CCCCC2)nc1. The van der Waals surface area contributed by atoms with Gasteiger partial charge in [0.2, 0.25) is 0 Å². The molecule has 1 aromatic heterocycles. The molecule has 1 aliphatic rings. The maximum Gasteiger partial charge on any atom is 0.187 e. The summed E-state index contributed by atoms with van der Waals surface area (Å²) in [5, 5.41) is 4.43. The fourth-order valence-corrected chi connectivity index (χ4v) is 2.97. The van der Waals surface area contributed by atoms with E-state index in [0.29, 0.717) is 0 Å². The van der Waals surface area contributed by atoms with E-state index < -0.39 is 0 Å². The second-order valence-electron chi connectivity index (χ2n) is 4.59. The molecule has 1 aromatic rings. The van der Waals surface area contributed by atoms with E-state index in [2.05, 4.69) is 15.3 Å². The van der Waals surface area contributed by atoms with Gasteiger partial charge in [-0.25, -0.2) is 9.97 Å². The minimum Gasteiger partial charge on any atom is -0.316 e. The zero-order valence-corrected chi connectivity index (χ0v) is 11.1. The third-order valence-corrected chi connectivity index (χ3v) is 4.09. The van der Waals surface area contributed by atoms with Crippen LogP contribution in [-0.2, 0) is 0 Å². The molecular weight excluding hydrogens is 230 g/mol. The number of nitrogens with zero attached hydrogens (tertiary/aromatic N) is 2. The molecule has 17 heavy (non-hydrogen) atoms. The normalized spacial score (nSPS) is 17.2. The van der Waals surface area contributed by atoms with E-state index in [1.807, 2.05) is 6.07 Å². The van der Waals surface area contributed by atoms with Gasteiger partial charge in [-0.1, -0.05) is 31.0 Å². The lowest BCUT2D eigenvalue weighted by molar-refractivity contribution is 0.345. The molecule has 1 aliphatic carbocycles. The summed E-state index contributed by atoms with van der Waals surface area (Å²) in [5.74, 6) is 1.97. The molecule has 4 heteroatoms. The summed E-state index contributed by atoms with van der Waals surface area (Å²) in [4.78, 5) is 8.38. The molecular formula is C13H21N3S. The summed E-state index contributed by atoms with van der Waals surface area (Å²) in [6, 6.07) is 1.85. The Morgan fingerprint density at radius 1 is 1.18 bits per heavy atom. The molecule has 0 unspecified atom stereocenters. The molecule has 1 heterocycles. The number of nitrogens with one attached hydrogen (secondary N) is 1. The van der Waals surface area contributed by atoms with Crippen molar-refractivity contribution in [1.82, 2.24) is 15.3 Å². The first-order valence-electron chi connectivity index (χ1n) is 6.55. The molecule has 0 amide bonds. The van der Waals surface area contributed by atoms with Crippen molar-refractivity contribution in [1.29, 1.82) is 0 Å². The zero-order chi connectivity index (χ0) is 11.8. The van der Waals surface area contributed by atoms with Gasteiger partial charge >= 0.3 is 0 Å². The van der Waals surface area contributed by atoms with Crippen LogP contribution in [0.3, 0.4) is 0 Å². The molecule has 94 valence electrons. The first kappa shape index (κ1) is 12.8. The van der Waals surface area contributed by atoms with Gasteiger partial charge in [0.25, 0.3) is 0 Å². The van der Waals surface area contributed by atoms with Crippen molar-refractivity contribution in [2.75, 3.05) is 18.8 Å². The summed E-state index contributed by atoms with van der Waals surface area (Å²) < 4.78 is 0. The first-order valence-corrected chi connectivity index (χ1v) is 7.54.